The van der Waals surface area contributed by atoms with Gasteiger partial charge in [0.2, 0.25) is 0 Å². The van der Waals surface area contributed by atoms with Crippen LogP contribution in [-0.2, 0) is 6.54 Å². The first kappa shape index (κ1) is 14.8. The van der Waals surface area contributed by atoms with Gasteiger partial charge in [-0.05, 0) is 35.8 Å². The summed E-state index contributed by atoms with van der Waals surface area (Å²) in [4.78, 5) is 4.09. The molecule has 3 rings (SSSR count). The van der Waals surface area contributed by atoms with Gasteiger partial charge in [-0.1, -0.05) is 43.3 Å². The molecule has 2 N–H and O–H groups in total. The number of hydrogen-bond donors (Lipinski definition) is 1. The maximum absolute atomic E-state index is 6.17. The summed E-state index contributed by atoms with van der Waals surface area (Å²) in [7, 11) is 0. The minimum atomic E-state index is 0.419. The summed E-state index contributed by atoms with van der Waals surface area (Å²) in [6.07, 6.45) is 2.65. The van der Waals surface area contributed by atoms with E-state index in [1.807, 2.05) is 11.3 Å². The van der Waals surface area contributed by atoms with Gasteiger partial charge in [0, 0.05) is 30.1 Å². The van der Waals surface area contributed by atoms with Gasteiger partial charge in [0.15, 0.2) is 0 Å². The molecule has 0 amide bonds. The standard InChI is InChI=1S/C18H24N2S/c1-14(15-6-3-2-4-7-15)18(12-19)20(16-9-10-16)13-17-8-5-11-21-17/h2-8,11,14,16,18H,9-10,12-13,19H2,1H3. The van der Waals surface area contributed by atoms with E-state index in [1.165, 1.54) is 23.3 Å². The Morgan fingerprint density at radius 1 is 1.19 bits per heavy atom. The fourth-order valence-corrected chi connectivity index (χ4v) is 3.82. The lowest BCUT2D eigenvalue weighted by atomic mass is 9.92. The highest BCUT2D eigenvalue weighted by Gasteiger charge is 2.36. The lowest BCUT2D eigenvalue weighted by Crippen LogP contribution is -2.44. The Morgan fingerprint density at radius 3 is 2.52 bits per heavy atom. The number of nitrogens with zero attached hydrogens (tertiary/aromatic N) is 1. The first-order valence-electron chi connectivity index (χ1n) is 7.82. The van der Waals surface area contributed by atoms with Gasteiger partial charge >= 0.3 is 0 Å². The van der Waals surface area contributed by atoms with Crippen molar-refractivity contribution in [2.75, 3.05) is 6.54 Å². The molecule has 2 unspecified atom stereocenters. The minimum absolute atomic E-state index is 0.419. The van der Waals surface area contributed by atoms with Crippen LogP contribution in [0.5, 0.6) is 0 Å². The zero-order valence-electron chi connectivity index (χ0n) is 12.6. The predicted molar refractivity (Wildman–Crippen MR) is 90.6 cm³/mol. The lowest BCUT2D eigenvalue weighted by molar-refractivity contribution is 0.162. The van der Waals surface area contributed by atoms with E-state index in [9.17, 15) is 0 Å². The molecule has 1 fully saturated rings. The van der Waals surface area contributed by atoms with Crippen LogP contribution in [0.4, 0.5) is 0 Å². The minimum Gasteiger partial charge on any atom is -0.329 e. The Bertz CT molecular complexity index is 534. The fraction of sp³-hybridized carbons (Fsp3) is 0.444. The third kappa shape index (κ3) is 3.54. The molecular formula is C18H24N2S. The summed E-state index contributed by atoms with van der Waals surface area (Å²) in [5.74, 6) is 0.469. The molecule has 1 heterocycles. The first-order chi connectivity index (χ1) is 10.3. The summed E-state index contributed by atoms with van der Waals surface area (Å²) in [5.41, 5.74) is 7.56. The quantitative estimate of drug-likeness (QED) is 0.841. The van der Waals surface area contributed by atoms with Crippen LogP contribution in [0.15, 0.2) is 47.8 Å². The van der Waals surface area contributed by atoms with Crippen LogP contribution in [0.25, 0.3) is 0 Å². The Labute approximate surface area is 131 Å². The van der Waals surface area contributed by atoms with E-state index < -0.39 is 0 Å². The number of benzene rings is 1. The van der Waals surface area contributed by atoms with Gasteiger partial charge in [0.1, 0.15) is 0 Å². The topological polar surface area (TPSA) is 29.3 Å². The molecule has 3 heteroatoms. The second-order valence-electron chi connectivity index (χ2n) is 5.99. The number of thiophene rings is 1. The zero-order valence-corrected chi connectivity index (χ0v) is 13.4. The van der Waals surface area contributed by atoms with Crippen LogP contribution in [0.2, 0.25) is 0 Å². The third-order valence-corrected chi connectivity index (χ3v) is 5.37. The van der Waals surface area contributed by atoms with Gasteiger partial charge in [0.05, 0.1) is 0 Å². The Kier molecular flexibility index (Phi) is 4.73. The van der Waals surface area contributed by atoms with Crippen LogP contribution in [0.3, 0.4) is 0 Å². The highest BCUT2D eigenvalue weighted by molar-refractivity contribution is 7.09. The third-order valence-electron chi connectivity index (χ3n) is 4.50. The molecule has 1 saturated carbocycles. The molecule has 0 aliphatic heterocycles. The summed E-state index contributed by atoms with van der Waals surface area (Å²) in [6.45, 7) is 4.08. The molecular weight excluding hydrogens is 276 g/mol. The molecule has 2 aromatic rings. The summed E-state index contributed by atoms with van der Waals surface area (Å²) < 4.78 is 0. The molecule has 2 nitrogen and oxygen atoms in total. The molecule has 112 valence electrons. The van der Waals surface area contributed by atoms with Gasteiger partial charge in [-0.3, -0.25) is 4.90 Å². The highest BCUT2D eigenvalue weighted by atomic mass is 32.1. The molecule has 1 aromatic heterocycles. The lowest BCUT2D eigenvalue weighted by Gasteiger charge is -2.35. The van der Waals surface area contributed by atoms with Crippen molar-refractivity contribution in [3.63, 3.8) is 0 Å². The van der Waals surface area contributed by atoms with E-state index >= 15 is 0 Å². The van der Waals surface area contributed by atoms with E-state index in [0.717, 1.165) is 19.1 Å². The summed E-state index contributed by atoms with van der Waals surface area (Å²) in [6, 6.07) is 16.3. The maximum Gasteiger partial charge on any atom is 0.0334 e. The van der Waals surface area contributed by atoms with Gasteiger partial charge in [0.25, 0.3) is 0 Å². The van der Waals surface area contributed by atoms with E-state index in [-0.39, 0.29) is 0 Å². The second-order valence-corrected chi connectivity index (χ2v) is 7.02. The number of hydrogen-bond acceptors (Lipinski definition) is 3. The maximum atomic E-state index is 6.17. The molecule has 1 aliphatic carbocycles. The molecule has 21 heavy (non-hydrogen) atoms. The van der Waals surface area contributed by atoms with Crippen molar-refractivity contribution in [3.8, 4) is 0 Å². The van der Waals surface area contributed by atoms with Crippen LogP contribution in [0, 0.1) is 0 Å². The van der Waals surface area contributed by atoms with Crippen molar-refractivity contribution < 1.29 is 0 Å². The molecule has 1 aromatic carbocycles. The Balaban J connectivity index is 1.78. The molecule has 2 atom stereocenters. The van der Waals surface area contributed by atoms with E-state index in [0.29, 0.717) is 12.0 Å². The van der Waals surface area contributed by atoms with Crippen molar-refractivity contribution in [1.82, 2.24) is 4.90 Å². The Morgan fingerprint density at radius 2 is 1.95 bits per heavy atom. The molecule has 0 radical (unpaired) electrons. The normalized spacial score (nSPS) is 17.9. The summed E-state index contributed by atoms with van der Waals surface area (Å²) >= 11 is 1.85. The molecule has 0 bridgehead atoms. The van der Waals surface area contributed by atoms with Crippen LogP contribution in [-0.4, -0.2) is 23.5 Å². The van der Waals surface area contributed by atoms with Crippen LogP contribution >= 0.6 is 11.3 Å². The van der Waals surface area contributed by atoms with Crippen molar-refractivity contribution >= 4 is 11.3 Å². The van der Waals surface area contributed by atoms with Crippen LogP contribution in [0.1, 0.15) is 36.1 Å². The molecule has 1 aliphatic rings. The first-order valence-corrected chi connectivity index (χ1v) is 8.70. The monoisotopic (exact) mass is 300 g/mol. The van der Waals surface area contributed by atoms with Gasteiger partial charge in [-0.2, -0.15) is 0 Å². The fourth-order valence-electron chi connectivity index (χ4n) is 3.11. The van der Waals surface area contributed by atoms with E-state index in [1.54, 1.807) is 0 Å². The van der Waals surface area contributed by atoms with Crippen molar-refractivity contribution in [3.05, 3.63) is 58.3 Å². The van der Waals surface area contributed by atoms with Gasteiger partial charge < -0.3 is 5.73 Å². The average Bonchev–Trinajstić information content (AvgIpc) is 3.25. The predicted octanol–water partition coefficient (Wildman–Crippen LogP) is 3.84. The zero-order chi connectivity index (χ0) is 14.7. The van der Waals surface area contributed by atoms with Crippen LogP contribution < -0.4 is 5.73 Å². The van der Waals surface area contributed by atoms with E-state index in [2.05, 4.69) is 59.7 Å². The largest absolute Gasteiger partial charge is 0.329 e. The number of rotatable bonds is 7. The average molecular weight is 300 g/mol. The number of nitrogens with two attached hydrogens (primary N) is 1. The van der Waals surface area contributed by atoms with Crippen molar-refractivity contribution in [2.45, 2.75) is 44.3 Å². The van der Waals surface area contributed by atoms with E-state index in [4.69, 9.17) is 5.73 Å². The summed E-state index contributed by atoms with van der Waals surface area (Å²) in [5, 5.41) is 2.17. The van der Waals surface area contributed by atoms with Crippen molar-refractivity contribution in [1.29, 1.82) is 0 Å². The Hall–Kier alpha value is -1.16. The van der Waals surface area contributed by atoms with Crippen molar-refractivity contribution in [2.24, 2.45) is 5.73 Å². The second kappa shape index (κ2) is 6.73. The SMILES string of the molecule is CC(c1ccccc1)C(CN)N(Cc1cccs1)C1CC1. The molecule has 0 spiro atoms. The van der Waals surface area contributed by atoms with Gasteiger partial charge in [-0.25, -0.2) is 0 Å². The van der Waals surface area contributed by atoms with Gasteiger partial charge in [-0.15, -0.1) is 11.3 Å². The highest BCUT2D eigenvalue weighted by Crippen LogP contribution is 2.35. The smallest absolute Gasteiger partial charge is 0.0334 e. The molecule has 0 saturated heterocycles.